The molecule has 0 saturated heterocycles. The summed E-state index contributed by atoms with van der Waals surface area (Å²) >= 11 is 3.34. The van der Waals surface area contributed by atoms with Gasteiger partial charge in [0.2, 0.25) is 0 Å². The Balaban J connectivity index is 2.22. The third kappa shape index (κ3) is 3.06. The van der Waals surface area contributed by atoms with Gasteiger partial charge in [0.25, 0.3) is 0 Å². The van der Waals surface area contributed by atoms with E-state index in [1.54, 1.807) is 6.07 Å². The molecule has 4 heteroatoms. The fourth-order valence-electron chi connectivity index (χ4n) is 1.57. The van der Waals surface area contributed by atoms with Crippen molar-refractivity contribution in [2.45, 2.75) is 10.6 Å². The summed E-state index contributed by atoms with van der Waals surface area (Å²) in [5, 5.41) is 8.98. The fraction of sp³-hybridized carbons (Fsp3) is 0.0714. The van der Waals surface area contributed by atoms with Gasteiger partial charge >= 0.3 is 0 Å². The standard InChI is InChI=1S/C14H10BrNOS/c15-13-5-7-14(8-6-13)18(17)10-12-4-2-1-3-11(12)9-16/h1-8H,10H2. The van der Waals surface area contributed by atoms with Gasteiger partial charge in [-0.15, -0.1) is 0 Å². The summed E-state index contributed by atoms with van der Waals surface area (Å²) in [6.07, 6.45) is 0. The topological polar surface area (TPSA) is 40.9 Å². The van der Waals surface area contributed by atoms with Gasteiger partial charge < -0.3 is 0 Å². The molecule has 0 amide bonds. The van der Waals surface area contributed by atoms with E-state index in [-0.39, 0.29) is 0 Å². The average molecular weight is 320 g/mol. The molecule has 0 N–H and O–H groups in total. The summed E-state index contributed by atoms with van der Waals surface area (Å²) in [5.74, 6) is 0.366. The molecule has 0 radical (unpaired) electrons. The largest absolute Gasteiger partial charge is 0.254 e. The van der Waals surface area contributed by atoms with Crippen molar-refractivity contribution in [3.63, 3.8) is 0 Å². The molecule has 1 unspecified atom stereocenters. The maximum Gasteiger partial charge on any atom is 0.0994 e. The highest BCUT2D eigenvalue weighted by molar-refractivity contribution is 9.10. The van der Waals surface area contributed by atoms with Crippen molar-refractivity contribution in [2.75, 3.05) is 0 Å². The molecule has 0 heterocycles. The van der Waals surface area contributed by atoms with Crippen LogP contribution in [0.15, 0.2) is 57.9 Å². The Kier molecular flexibility index (Phi) is 4.29. The van der Waals surface area contributed by atoms with Gasteiger partial charge in [-0.3, -0.25) is 4.21 Å². The maximum atomic E-state index is 12.2. The van der Waals surface area contributed by atoms with Crippen molar-refractivity contribution in [1.29, 1.82) is 5.26 Å². The van der Waals surface area contributed by atoms with Crippen LogP contribution < -0.4 is 0 Å². The Hall–Kier alpha value is -1.44. The number of rotatable bonds is 3. The molecule has 0 aliphatic heterocycles. The van der Waals surface area contributed by atoms with Crippen LogP contribution in [0.25, 0.3) is 0 Å². The normalized spacial score (nSPS) is 11.8. The second kappa shape index (κ2) is 5.94. The molecule has 0 fully saturated rings. The number of hydrogen-bond acceptors (Lipinski definition) is 2. The molecule has 0 aromatic heterocycles. The second-order valence-electron chi connectivity index (χ2n) is 3.71. The van der Waals surface area contributed by atoms with Crippen LogP contribution in [0.5, 0.6) is 0 Å². The first-order valence-corrected chi connectivity index (χ1v) is 7.44. The molecule has 0 saturated carbocycles. The van der Waals surface area contributed by atoms with Gasteiger partial charge in [0.15, 0.2) is 0 Å². The molecule has 0 bridgehead atoms. The first-order valence-electron chi connectivity index (χ1n) is 5.32. The van der Waals surface area contributed by atoms with E-state index in [1.807, 2.05) is 42.5 Å². The average Bonchev–Trinajstić information content (AvgIpc) is 2.40. The lowest BCUT2D eigenvalue weighted by atomic mass is 10.1. The number of halogens is 1. The van der Waals surface area contributed by atoms with Crippen molar-refractivity contribution in [2.24, 2.45) is 0 Å². The van der Waals surface area contributed by atoms with E-state index in [4.69, 9.17) is 5.26 Å². The van der Waals surface area contributed by atoms with Gasteiger partial charge in [0, 0.05) is 9.37 Å². The Morgan fingerprint density at radius 2 is 1.78 bits per heavy atom. The van der Waals surface area contributed by atoms with Crippen LogP contribution in [0.2, 0.25) is 0 Å². The van der Waals surface area contributed by atoms with Crippen molar-refractivity contribution < 1.29 is 4.21 Å². The Labute approximate surface area is 117 Å². The summed E-state index contributed by atoms with van der Waals surface area (Å²) in [6, 6.07) is 16.8. The van der Waals surface area contributed by atoms with Crippen LogP contribution in [0, 0.1) is 11.3 Å². The van der Waals surface area contributed by atoms with Gasteiger partial charge in [-0.2, -0.15) is 5.26 Å². The smallest absolute Gasteiger partial charge is 0.0994 e. The first-order chi connectivity index (χ1) is 8.70. The van der Waals surface area contributed by atoms with E-state index >= 15 is 0 Å². The molecule has 0 spiro atoms. The van der Waals surface area contributed by atoms with Gasteiger partial charge in [0.05, 0.1) is 28.2 Å². The maximum absolute atomic E-state index is 12.2. The number of nitriles is 1. The second-order valence-corrected chi connectivity index (χ2v) is 6.08. The van der Waals surface area contributed by atoms with Gasteiger partial charge in [-0.25, -0.2) is 0 Å². The monoisotopic (exact) mass is 319 g/mol. The highest BCUT2D eigenvalue weighted by Gasteiger charge is 2.08. The molecule has 90 valence electrons. The van der Waals surface area contributed by atoms with E-state index in [1.165, 1.54) is 0 Å². The summed E-state index contributed by atoms with van der Waals surface area (Å²) in [7, 11) is -1.13. The molecule has 0 aliphatic rings. The first kappa shape index (κ1) is 13.0. The molecule has 2 aromatic carbocycles. The van der Waals surface area contributed by atoms with Crippen molar-refractivity contribution in [3.05, 3.63) is 64.1 Å². The lowest BCUT2D eigenvalue weighted by Gasteiger charge is -2.04. The molecule has 2 rings (SSSR count). The minimum absolute atomic E-state index is 0.366. The molecular formula is C14H10BrNOS. The number of benzene rings is 2. The zero-order valence-corrected chi connectivity index (χ0v) is 11.9. The zero-order valence-electron chi connectivity index (χ0n) is 9.47. The zero-order chi connectivity index (χ0) is 13.0. The van der Waals surface area contributed by atoms with Crippen LogP contribution >= 0.6 is 15.9 Å². The molecular weight excluding hydrogens is 310 g/mol. The lowest BCUT2D eigenvalue weighted by Crippen LogP contribution is -1.98. The van der Waals surface area contributed by atoms with Gasteiger partial charge in [-0.05, 0) is 35.9 Å². The van der Waals surface area contributed by atoms with Gasteiger partial charge in [-0.1, -0.05) is 34.1 Å². The molecule has 1 atom stereocenters. The molecule has 18 heavy (non-hydrogen) atoms. The molecule has 0 aliphatic carbocycles. The van der Waals surface area contributed by atoms with Crippen molar-refractivity contribution >= 4 is 26.7 Å². The van der Waals surface area contributed by atoms with Gasteiger partial charge in [0.1, 0.15) is 0 Å². The predicted molar refractivity (Wildman–Crippen MR) is 75.4 cm³/mol. The van der Waals surface area contributed by atoms with E-state index in [0.717, 1.165) is 14.9 Å². The van der Waals surface area contributed by atoms with Crippen LogP contribution in [0.1, 0.15) is 11.1 Å². The Morgan fingerprint density at radius 3 is 2.44 bits per heavy atom. The SMILES string of the molecule is N#Cc1ccccc1CS(=O)c1ccc(Br)cc1. The Morgan fingerprint density at radius 1 is 1.11 bits per heavy atom. The number of hydrogen-bond donors (Lipinski definition) is 0. The highest BCUT2D eigenvalue weighted by atomic mass is 79.9. The van der Waals surface area contributed by atoms with E-state index < -0.39 is 10.8 Å². The van der Waals surface area contributed by atoms with Crippen LogP contribution in [-0.4, -0.2) is 4.21 Å². The molecule has 2 nitrogen and oxygen atoms in total. The third-order valence-electron chi connectivity index (χ3n) is 2.50. The van der Waals surface area contributed by atoms with Crippen LogP contribution in [-0.2, 0) is 16.6 Å². The lowest BCUT2D eigenvalue weighted by molar-refractivity contribution is 0.682. The van der Waals surface area contributed by atoms with Crippen molar-refractivity contribution in [3.8, 4) is 6.07 Å². The summed E-state index contributed by atoms with van der Waals surface area (Å²) in [5.41, 5.74) is 1.41. The summed E-state index contributed by atoms with van der Waals surface area (Å²) in [6.45, 7) is 0. The minimum Gasteiger partial charge on any atom is -0.254 e. The third-order valence-corrected chi connectivity index (χ3v) is 4.40. The number of nitrogens with zero attached hydrogens (tertiary/aromatic N) is 1. The van der Waals surface area contributed by atoms with E-state index in [0.29, 0.717) is 11.3 Å². The predicted octanol–water partition coefficient (Wildman–Crippen LogP) is 3.63. The van der Waals surface area contributed by atoms with E-state index in [2.05, 4.69) is 22.0 Å². The van der Waals surface area contributed by atoms with Crippen LogP contribution in [0.3, 0.4) is 0 Å². The summed E-state index contributed by atoms with van der Waals surface area (Å²) in [4.78, 5) is 0.769. The highest BCUT2D eigenvalue weighted by Crippen LogP contribution is 2.17. The fourth-order valence-corrected chi connectivity index (χ4v) is 2.97. The van der Waals surface area contributed by atoms with E-state index in [9.17, 15) is 4.21 Å². The van der Waals surface area contributed by atoms with Crippen LogP contribution in [0.4, 0.5) is 0 Å². The van der Waals surface area contributed by atoms with Crippen molar-refractivity contribution in [1.82, 2.24) is 0 Å². The molecule has 2 aromatic rings. The quantitative estimate of drug-likeness (QED) is 0.866. The summed E-state index contributed by atoms with van der Waals surface area (Å²) < 4.78 is 13.1. The Bertz CT molecular complexity index is 616. The minimum atomic E-state index is -1.13.